The second kappa shape index (κ2) is 6.08. The number of benzene rings is 5. The van der Waals surface area contributed by atoms with E-state index in [2.05, 4.69) is 102 Å². The maximum Gasteiger partial charge on any atom is 0.0596 e. The average molecular weight is 375 g/mol. The molecule has 0 atom stereocenters. The van der Waals surface area contributed by atoms with E-state index in [9.17, 15) is 0 Å². The lowest BCUT2D eigenvalue weighted by atomic mass is 10.0. The van der Waals surface area contributed by atoms with Crippen LogP contribution in [-0.2, 0) is 0 Å². The molecule has 0 radical (unpaired) electrons. The number of anilines is 2. The Balaban J connectivity index is 1.68. The van der Waals surface area contributed by atoms with E-state index in [0.29, 0.717) is 0 Å². The Morgan fingerprint density at radius 3 is 2.11 bits per heavy atom. The fourth-order valence-corrected chi connectivity index (χ4v) is 5.33. The number of hydrogen-bond acceptors (Lipinski definition) is 2. The molecule has 2 heteroatoms. The van der Waals surface area contributed by atoms with E-state index in [1.54, 1.807) is 0 Å². The molecule has 1 nitrogen and oxygen atoms in total. The molecule has 0 aliphatic carbocycles. The SMILES string of the molecule is c1ccc2c(Nc3cc4ccccc4c4c3sc3ccccc34)cccc2c1. The highest BCUT2D eigenvalue weighted by molar-refractivity contribution is 7.26. The summed E-state index contributed by atoms with van der Waals surface area (Å²) in [4.78, 5) is 0. The van der Waals surface area contributed by atoms with E-state index in [0.717, 1.165) is 5.69 Å². The van der Waals surface area contributed by atoms with E-state index in [-0.39, 0.29) is 0 Å². The van der Waals surface area contributed by atoms with Crippen LogP contribution in [0.1, 0.15) is 0 Å². The van der Waals surface area contributed by atoms with Crippen molar-refractivity contribution in [2.45, 2.75) is 0 Å². The van der Waals surface area contributed by atoms with Gasteiger partial charge in [0, 0.05) is 26.5 Å². The zero-order valence-electron chi connectivity index (χ0n) is 15.1. The van der Waals surface area contributed by atoms with Crippen molar-refractivity contribution in [3.8, 4) is 0 Å². The summed E-state index contributed by atoms with van der Waals surface area (Å²) in [6.07, 6.45) is 0. The summed E-state index contributed by atoms with van der Waals surface area (Å²) in [5.41, 5.74) is 2.32. The first kappa shape index (κ1) is 15.7. The second-order valence-corrected chi connectivity index (χ2v) is 8.15. The van der Waals surface area contributed by atoms with E-state index >= 15 is 0 Å². The molecular formula is C26H17NS. The number of nitrogens with one attached hydrogen (secondary N) is 1. The van der Waals surface area contributed by atoms with Gasteiger partial charge in [-0.05, 0) is 34.4 Å². The van der Waals surface area contributed by atoms with Gasteiger partial charge in [0.05, 0.1) is 10.4 Å². The maximum absolute atomic E-state index is 3.75. The van der Waals surface area contributed by atoms with Gasteiger partial charge in [0.25, 0.3) is 0 Å². The summed E-state index contributed by atoms with van der Waals surface area (Å²) >= 11 is 1.87. The first-order chi connectivity index (χ1) is 13.9. The van der Waals surface area contributed by atoms with Crippen LogP contribution in [0.4, 0.5) is 11.4 Å². The molecule has 1 N–H and O–H groups in total. The van der Waals surface area contributed by atoms with Gasteiger partial charge >= 0.3 is 0 Å². The van der Waals surface area contributed by atoms with Gasteiger partial charge in [-0.25, -0.2) is 0 Å². The maximum atomic E-state index is 3.75. The van der Waals surface area contributed by atoms with Crippen LogP contribution < -0.4 is 5.32 Å². The molecule has 6 rings (SSSR count). The van der Waals surface area contributed by atoms with Crippen molar-refractivity contribution >= 4 is 64.4 Å². The normalized spacial score (nSPS) is 11.6. The van der Waals surface area contributed by atoms with Crippen LogP contribution in [0.3, 0.4) is 0 Å². The Kier molecular flexibility index (Phi) is 3.40. The molecule has 1 aromatic heterocycles. The van der Waals surface area contributed by atoms with Crippen molar-refractivity contribution in [3.05, 3.63) is 97.1 Å². The zero-order valence-corrected chi connectivity index (χ0v) is 16.0. The van der Waals surface area contributed by atoms with Gasteiger partial charge in [-0.2, -0.15) is 0 Å². The standard InChI is InChI=1S/C26H17NS/c1-3-11-19-17(8-1)10-7-14-22(19)27-23-16-18-9-2-4-12-20(18)25-21-13-5-6-15-24(21)28-26(23)25/h1-16,27H. The molecule has 0 amide bonds. The van der Waals surface area contributed by atoms with Gasteiger partial charge in [0.15, 0.2) is 0 Å². The predicted molar refractivity (Wildman–Crippen MR) is 124 cm³/mol. The molecule has 132 valence electrons. The van der Waals surface area contributed by atoms with Gasteiger partial charge in [0.1, 0.15) is 0 Å². The van der Waals surface area contributed by atoms with Gasteiger partial charge in [-0.15, -0.1) is 11.3 Å². The quantitative estimate of drug-likeness (QED) is 0.322. The van der Waals surface area contributed by atoms with Crippen LogP contribution in [0.25, 0.3) is 41.7 Å². The summed E-state index contributed by atoms with van der Waals surface area (Å²) in [6.45, 7) is 0. The van der Waals surface area contributed by atoms with E-state index in [4.69, 9.17) is 0 Å². The molecule has 28 heavy (non-hydrogen) atoms. The van der Waals surface area contributed by atoms with Crippen molar-refractivity contribution in [1.29, 1.82) is 0 Å². The molecule has 0 bridgehead atoms. The first-order valence-corrected chi connectivity index (χ1v) is 10.3. The van der Waals surface area contributed by atoms with Crippen molar-refractivity contribution in [3.63, 3.8) is 0 Å². The highest BCUT2D eigenvalue weighted by Crippen LogP contribution is 2.43. The van der Waals surface area contributed by atoms with Crippen LogP contribution in [0.15, 0.2) is 97.1 Å². The third-order valence-corrected chi connectivity index (χ3v) is 6.63. The fourth-order valence-electron chi connectivity index (χ4n) is 4.15. The van der Waals surface area contributed by atoms with Crippen LogP contribution in [0.5, 0.6) is 0 Å². The van der Waals surface area contributed by atoms with Gasteiger partial charge in [-0.1, -0.05) is 78.9 Å². The van der Waals surface area contributed by atoms with Crippen LogP contribution in [0.2, 0.25) is 0 Å². The number of thiophene rings is 1. The summed E-state index contributed by atoms with van der Waals surface area (Å²) < 4.78 is 2.64. The lowest BCUT2D eigenvalue weighted by Gasteiger charge is -2.12. The molecule has 0 spiro atoms. The largest absolute Gasteiger partial charge is 0.354 e. The van der Waals surface area contributed by atoms with Crippen molar-refractivity contribution in [2.24, 2.45) is 0 Å². The highest BCUT2D eigenvalue weighted by atomic mass is 32.1. The Hall–Kier alpha value is -3.36. The smallest absolute Gasteiger partial charge is 0.0596 e. The lowest BCUT2D eigenvalue weighted by molar-refractivity contribution is 1.64. The number of hydrogen-bond donors (Lipinski definition) is 1. The fraction of sp³-hybridized carbons (Fsp3) is 0. The van der Waals surface area contributed by atoms with Crippen molar-refractivity contribution < 1.29 is 0 Å². The molecule has 0 aliphatic rings. The molecule has 5 aromatic carbocycles. The molecule has 0 saturated heterocycles. The predicted octanol–water partition coefficient (Wildman–Crippen LogP) is 8.10. The molecule has 1 heterocycles. The van der Waals surface area contributed by atoms with Gasteiger partial charge in [0.2, 0.25) is 0 Å². The highest BCUT2D eigenvalue weighted by Gasteiger charge is 2.13. The third-order valence-electron chi connectivity index (χ3n) is 5.43. The Labute approximate surface area is 166 Å². The van der Waals surface area contributed by atoms with E-state index in [1.165, 1.54) is 47.4 Å². The van der Waals surface area contributed by atoms with Gasteiger partial charge in [-0.3, -0.25) is 0 Å². The summed E-state index contributed by atoms with van der Waals surface area (Å²) in [5, 5.41) is 11.5. The van der Waals surface area contributed by atoms with E-state index in [1.807, 2.05) is 11.3 Å². The average Bonchev–Trinajstić information content (AvgIpc) is 3.14. The van der Waals surface area contributed by atoms with Crippen molar-refractivity contribution in [2.75, 3.05) is 5.32 Å². The summed E-state index contributed by atoms with van der Waals surface area (Å²) in [6, 6.07) is 34.7. The second-order valence-electron chi connectivity index (χ2n) is 7.10. The number of fused-ring (bicyclic) bond motifs is 6. The molecule has 0 saturated carbocycles. The van der Waals surface area contributed by atoms with Gasteiger partial charge < -0.3 is 5.32 Å². The molecular weight excluding hydrogens is 358 g/mol. The third kappa shape index (κ3) is 2.32. The zero-order chi connectivity index (χ0) is 18.5. The number of rotatable bonds is 2. The van der Waals surface area contributed by atoms with E-state index < -0.39 is 0 Å². The molecule has 6 aromatic rings. The van der Waals surface area contributed by atoms with Crippen LogP contribution >= 0.6 is 11.3 Å². The van der Waals surface area contributed by atoms with Crippen LogP contribution in [0, 0.1) is 0 Å². The molecule has 0 unspecified atom stereocenters. The monoisotopic (exact) mass is 375 g/mol. The Bertz CT molecular complexity index is 1490. The summed E-state index contributed by atoms with van der Waals surface area (Å²) in [5.74, 6) is 0. The minimum Gasteiger partial charge on any atom is -0.354 e. The Morgan fingerprint density at radius 2 is 1.21 bits per heavy atom. The summed E-state index contributed by atoms with van der Waals surface area (Å²) in [7, 11) is 0. The topological polar surface area (TPSA) is 12.0 Å². The molecule has 0 fully saturated rings. The lowest BCUT2D eigenvalue weighted by Crippen LogP contribution is -1.92. The molecule has 0 aliphatic heterocycles. The van der Waals surface area contributed by atoms with Crippen molar-refractivity contribution in [1.82, 2.24) is 0 Å². The first-order valence-electron chi connectivity index (χ1n) is 9.46. The minimum atomic E-state index is 1.15. The Morgan fingerprint density at radius 1 is 0.536 bits per heavy atom. The minimum absolute atomic E-state index is 1.15. The van der Waals surface area contributed by atoms with Crippen LogP contribution in [-0.4, -0.2) is 0 Å².